The Hall–Kier alpha value is -2.40. The van der Waals surface area contributed by atoms with Crippen molar-refractivity contribution in [1.82, 2.24) is 0 Å². The third-order valence-electron chi connectivity index (χ3n) is 5.14. The van der Waals surface area contributed by atoms with Gasteiger partial charge in [0.2, 0.25) is 0 Å². The van der Waals surface area contributed by atoms with Gasteiger partial charge in [0.25, 0.3) is 5.91 Å². The number of carboxylic acid groups (broad SMARTS) is 1. The van der Waals surface area contributed by atoms with Gasteiger partial charge >= 0.3 is 5.97 Å². The molecule has 0 saturated heterocycles. The van der Waals surface area contributed by atoms with Gasteiger partial charge in [-0.2, -0.15) is 0 Å². The molecule has 170 valence electrons. The van der Waals surface area contributed by atoms with Gasteiger partial charge < -0.3 is 15.1 Å². The molecule has 8 heteroatoms. The van der Waals surface area contributed by atoms with Crippen molar-refractivity contribution in [3.63, 3.8) is 0 Å². The van der Waals surface area contributed by atoms with Crippen LogP contribution in [0.1, 0.15) is 71.4 Å². The van der Waals surface area contributed by atoms with Crippen LogP contribution in [0.2, 0.25) is 5.02 Å². The topological polar surface area (TPSA) is 77.8 Å². The SMILES string of the molecule is CC(C)(C)C#Cc1cc(N(C(=O)c2ccc(Cl)cc2F)C2CCC(O)CC2)c(C(=O)O)s1. The second-order valence-corrected chi connectivity index (χ2v) is 10.4. The van der Waals surface area contributed by atoms with Crippen LogP contribution in [0.4, 0.5) is 10.1 Å². The van der Waals surface area contributed by atoms with Crippen molar-refractivity contribution in [1.29, 1.82) is 0 Å². The smallest absolute Gasteiger partial charge is 0.348 e. The van der Waals surface area contributed by atoms with Gasteiger partial charge in [-0.25, -0.2) is 9.18 Å². The summed E-state index contributed by atoms with van der Waals surface area (Å²) in [6, 6.07) is 4.99. The van der Waals surface area contributed by atoms with Crippen LogP contribution in [0.25, 0.3) is 0 Å². The summed E-state index contributed by atoms with van der Waals surface area (Å²) in [4.78, 5) is 27.4. The highest BCUT2D eigenvalue weighted by Gasteiger charge is 2.34. The van der Waals surface area contributed by atoms with E-state index < -0.39 is 23.8 Å². The molecule has 0 bridgehead atoms. The molecule has 0 unspecified atom stereocenters. The number of aliphatic hydroxyl groups excluding tert-OH is 1. The molecule has 1 aromatic heterocycles. The lowest BCUT2D eigenvalue weighted by atomic mass is 9.91. The van der Waals surface area contributed by atoms with Crippen molar-refractivity contribution in [2.45, 2.75) is 58.6 Å². The Kier molecular flexibility index (Phi) is 7.29. The van der Waals surface area contributed by atoms with Crippen molar-refractivity contribution in [3.8, 4) is 11.8 Å². The molecule has 1 saturated carbocycles. The van der Waals surface area contributed by atoms with Crippen molar-refractivity contribution in [2.75, 3.05) is 4.90 Å². The first-order valence-corrected chi connectivity index (χ1v) is 11.5. The first-order valence-electron chi connectivity index (χ1n) is 10.3. The highest BCUT2D eigenvalue weighted by Crippen LogP contribution is 2.36. The van der Waals surface area contributed by atoms with E-state index >= 15 is 0 Å². The fraction of sp³-hybridized carbons (Fsp3) is 0.417. The van der Waals surface area contributed by atoms with E-state index in [4.69, 9.17) is 11.6 Å². The molecule has 0 radical (unpaired) electrons. The molecule has 1 aliphatic carbocycles. The second kappa shape index (κ2) is 9.62. The molecule has 1 aromatic carbocycles. The second-order valence-electron chi connectivity index (χ2n) is 8.89. The molecule has 0 spiro atoms. The Labute approximate surface area is 195 Å². The van der Waals surface area contributed by atoms with Crippen LogP contribution in [0, 0.1) is 23.1 Å². The van der Waals surface area contributed by atoms with Gasteiger partial charge in [-0.05, 0) is 70.7 Å². The maximum absolute atomic E-state index is 14.6. The standard InChI is InChI=1S/C24H25ClFNO4S/c1-24(2,3)11-10-17-13-20(21(32-17)23(30)31)27(15-5-7-16(28)8-6-15)22(29)18-9-4-14(25)12-19(18)26/h4,9,12-13,15-16,28H,5-8H2,1-3H3,(H,30,31). The van der Waals surface area contributed by atoms with E-state index in [0.29, 0.717) is 30.6 Å². The summed E-state index contributed by atoms with van der Waals surface area (Å²) in [5, 5.41) is 19.9. The first-order chi connectivity index (χ1) is 15.0. The molecule has 0 aliphatic heterocycles. The Morgan fingerprint density at radius 1 is 1.19 bits per heavy atom. The maximum Gasteiger partial charge on any atom is 0.348 e. The highest BCUT2D eigenvalue weighted by atomic mass is 35.5. The Morgan fingerprint density at radius 3 is 2.41 bits per heavy atom. The summed E-state index contributed by atoms with van der Waals surface area (Å²) in [7, 11) is 0. The van der Waals surface area contributed by atoms with E-state index in [-0.39, 0.29) is 32.6 Å². The van der Waals surface area contributed by atoms with Gasteiger partial charge in [0, 0.05) is 16.5 Å². The number of carbonyl (C=O) groups excluding carboxylic acids is 1. The van der Waals surface area contributed by atoms with E-state index in [0.717, 1.165) is 17.4 Å². The number of hydrogen-bond acceptors (Lipinski definition) is 4. The zero-order chi connectivity index (χ0) is 23.6. The number of rotatable bonds is 4. The number of aromatic carboxylic acids is 1. The van der Waals surface area contributed by atoms with E-state index in [9.17, 15) is 24.2 Å². The third-order valence-corrected chi connectivity index (χ3v) is 6.40. The lowest BCUT2D eigenvalue weighted by Gasteiger charge is -2.35. The van der Waals surface area contributed by atoms with Crippen LogP contribution in [0.5, 0.6) is 0 Å². The van der Waals surface area contributed by atoms with E-state index in [1.807, 2.05) is 20.8 Å². The predicted molar refractivity (Wildman–Crippen MR) is 124 cm³/mol. The molecule has 1 heterocycles. The summed E-state index contributed by atoms with van der Waals surface area (Å²) in [5.74, 6) is 3.47. The van der Waals surface area contributed by atoms with E-state index in [1.165, 1.54) is 17.0 Å². The number of carbonyl (C=O) groups is 2. The number of halogens is 2. The summed E-state index contributed by atoms with van der Waals surface area (Å²) in [5.41, 5.74) is -0.276. The fourth-order valence-electron chi connectivity index (χ4n) is 3.61. The van der Waals surface area contributed by atoms with Crippen molar-refractivity contribution in [2.24, 2.45) is 5.41 Å². The molecule has 0 atom stereocenters. The molecule has 3 rings (SSSR count). The molecule has 1 amide bonds. The molecule has 2 N–H and O–H groups in total. The average molecular weight is 478 g/mol. The van der Waals surface area contributed by atoms with Gasteiger partial charge in [0.05, 0.1) is 22.2 Å². The Balaban J connectivity index is 2.12. The largest absolute Gasteiger partial charge is 0.477 e. The number of aliphatic hydroxyl groups is 1. The van der Waals surface area contributed by atoms with Crippen molar-refractivity contribution < 1.29 is 24.2 Å². The van der Waals surface area contributed by atoms with Gasteiger partial charge in [-0.1, -0.05) is 23.4 Å². The van der Waals surface area contributed by atoms with Gasteiger partial charge in [-0.3, -0.25) is 4.79 Å². The number of amides is 1. The first kappa shape index (κ1) is 24.2. The minimum atomic E-state index is -1.18. The molecule has 1 aliphatic rings. The van der Waals surface area contributed by atoms with Crippen LogP contribution in [0.15, 0.2) is 24.3 Å². The van der Waals surface area contributed by atoms with Crippen LogP contribution in [-0.2, 0) is 0 Å². The quantitative estimate of drug-likeness (QED) is 0.563. The van der Waals surface area contributed by atoms with Gasteiger partial charge in [0.15, 0.2) is 0 Å². The molecule has 2 aromatic rings. The zero-order valence-corrected chi connectivity index (χ0v) is 19.7. The normalized spacial score (nSPS) is 18.6. The minimum Gasteiger partial charge on any atom is -0.477 e. The average Bonchev–Trinajstić information content (AvgIpc) is 3.12. The lowest BCUT2D eigenvalue weighted by Crippen LogP contribution is -2.44. The Morgan fingerprint density at radius 2 is 1.84 bits per heavy atom. The number of thiophene rings is 1. The molecule has 5 nitrogen and oxygen atoms in total. The van der Waals surface area contributed by atoms with Crippen LogP contribution in [0.3, 0.4) is 0 Å². The molecular formula is C24H25ClFNO4S. The molecule has 32 heavy (non-hydrogen) atoms. The molecular weight excluding hydrogens is 453 g/mol. The van der Waals surface area contributed by atoms with Crippen LogP contribution in [-0.4, -0.2) is 34.2 Å². The number of hydrogen-bond donors (Lipinski definition) is 2. The van der Waals surface area contributed by atoms with Gasteiger partial charge in [0.1, 0.15) is 10.7 Å². The Bertz CT molecular complexity index is 1090. The number of benzene rings is 1. The van der Waals surface area contributed by atoms with E-state index in [2.05, 4.69) is 11.8 Å². The summed E-state index contributed by atoms with van der Waals surface area (Å²) >= 11 is 6.83. The van der Waals surface area contributed by atoms with Gasteiger partial charge in [-0.15, -0.1) is 11.3 Å². The predicted octanol–water partition coefficient (Wildman–Crippen LogP) is 5.59. The number of anilines is 1. The summed E-state index contributed by atoms with van der Waals surface area (Å²) in [6.07, 6.45) is 1.42. The third kappa shape index (κ3) is 5.69. The van der Waals surface area contributed by atoms with Crippen LogP contribution < -0.4 is 4.90 Å². The number of nitrogens with zero attached hydrogens (tertiary/aromatic N) is 1. The highest BCUT2D eigenvalue weighted by molar-refractivity contribution is 7.15. The monoisotopic (exact) mass is 477 g/mol. The van der Waals surface area contributed by atoms with Crippen molar-refractivity contribution >= 4 is 40.5 Å². The fourth-order valence-corrected chi connectivity index (χ4v) is 4.61. The maximum atomic E-state index is 14.6. The minimum absolute atomic E-state index is 0.0305. The molecule has 1 fully saturated rings. The number of carboxylic acids is 1. The zero-order valence-electron chi connectivity index (χ0n) is 18.1. The lowest BCUT2D eigenvalue weighted by molar-refractivity contribution is 0.0702. The van der Waals surface area contributed by atoms with Crippen LogP contribution >= 0.6 is 22.9 Å². The van der Waals surface area contributed by atoms with E-state index in [1.54, 1.807) is 6.07 Å². The summed E-state index contributed by atoms with van der Waals surface area (Å²) in [6.45, 7) is 5.83. The van der Waals surface area contributed by atoms with Crippen molar-refractivity contribution in [3.05, 3.63) is 50.4 Å². The summed E-state index contributed by atoms with van der Waals surface area (Å²) < 4.78 is 14.6.